The molecule has 90 valence electrons. The zero-order valence-electron chi connectivity index (χ0n) is 8.77. The third-order valence-electron chi connectivity index (χ3n) is 2.28. The summed E-state index contributed by atoms with van der Waals surface area (Å²) in [6, 6.07) is 2.73. The molecule has 0 saturated carbocycles. The molecule has 1 rings (SSSR count). The molecule has 0 unspecified atom stereocenters. The van der Waals surface area contributed by atoms with Crippen LogP contribution in [-0.2, 0) is 16.0 Å². The van der Waals surface area contributed by atoms with Crippen LogP contribution < -0.4 is 0 Å². The molecule has 7 heteroatoms. The standard InChI is InChI=1S/C10H8BrNO5/c1-5-6(4-9(13)10(14)15)8(12(16)17)3-2-7(5)11/h2-3H,4H2,1H3,(H,14,15). The topological polar surface area (TPSA) is 97.5 Å². The molecular formula is C10H8BrNO5. The molecule has 0 heterocycles. The zero-order chi connectivity index (χ0) is 13.2. The molecular weight excluding hydrogens is 294 g/mol. The quantitative estimate of drug-likeness (QED) is 0.520. The molecule has 0 amide bonds. The van der Waals surface area contributed by atoms with E-state index in [9.17, 15) is 19.7 Å². The van der Waals surface area contributed by atoms with Crippen LogP contribution in [0.4, 0.5) is 5.69 Å². The lowest BCUT2D eigenvalue weighted by molar-refractivity contribution is -0.385. The smallest absolute Gasteiger partial charge is 0.372 e. The van der Waals surface area contributed by atoms with Crippen LogP contribution in [0, 0.1) is 17.0 Å². The summed E-state index contributed by atoms with van der Waals surface area (Å²) in [4.78, 5) is 31.7. The van der Waals surface area contributed by atoms with Crippen LogP contribution in [0.2, 0.25) is 0 Å². The summed E-state index contributed by atoms with van der Waals surface area (Å²) in [6.07, 6.45) is -0.489. The average Bonchev–Trinajstić information content (AvgIpc) is 2.24. The Morgan fingerprint density at radius 2 is 2.06 bits per heavy atom. The first-order chi connectivity index (χ1) is 7.84. The highest BCUT2D eigenvalue weighted by Gasteiger charge is 2.22. The highest BCUT2D eigenvalue weighted by atomic mass is 79.9. The van der Waals surface area contributed by atoms with Crippen LogP contribution in [0.25, 0.3) is 0 Å². The summed E-state index contributed by atoms with van der Waals surface area (Å²) in [5.74, 6) is -2.67. The van der Waals surface area contributed by atoms with Crippen molar-refractivity contribution in [2.24, 2.45) is 0 Å². The van der Waals surface area contributed by atoms with E-state index in [1.54, 1.807) is 6.92 Å². The van der Waals surface area contributed by atoms with E-state index in [0.29, 0.717) is 10.0 Å². The fraction of sp³-hybridized carbons (Fsp3) is 0.200. The molecule has 0 aliphatic rings. The van der Waals surface area contributed by atoms with Gasteiger partial charge in [-0.05, 0) is 18.6 Å². The highest BCUT2D eigenvalue weighted by Crippen LogP contribution is 2.28. The number of aliphatic carboxylic acids is 1. The molecule has 1 N–H and O–H groups in total. The van der Waals surface area contributed by atoms with Gasteiger partial charge in [0, 0.05) is 16.1 Å². The van der Waals surface area contributed by atoms with Crippen molar-refractivity contribution in [2.45, 2.75) is 13.3 Å². The van der Waals surface area contributed by atoms with Gasteiger partial charge in [-0.2, -0.15) is 0 Å². The number of rotatable bonds is 4. The normalized spacial score (nSPS) is 10.0. The summed E-state index contributed by atoms with van der Waals surface area (Å²) in [5, 5.41) is 19.3. The number of hydrogen-bond donors (Lipinski definition) is 1. The lowest BCUT2D eigenvalue weighted by atomic mass is 10.0. The first kappa shape index (κ1) is 13.3. The molecule has 1 aromatic carbocycles. The number of nitro groups is 1. The Hall–Kier alpha value is -1.76. The molecule has 0 saturated heterocycles. The van der Waals surface area contributed by atoms with E-state index < -0.39 is 23.1 Å². The van der Waals surface area contributed by atoms with Gasteiger partial charge in [-0.1, -0.05) is 15.9 Å². The number of nitro benzene ring substituents is 1. The maximum absolute atomic E-state index is 11.1. The Kier molecular flexibility index (Phi) is 3.95. The van der Waals surface area contributed by atoms with Gasteiger partial charge in [0.15, 0.2) is 0 Å². The first-order valence-electron chi connectivity index (χ1n) is 4.53. The van der Waals surface area contributed by atoms with Gasteiger partial charge in [0.2, 0.25) is 5.78 Å². The molecule has 0 bridgehead atoms. The summed E-state index contributed by atoms with van der Waals surface area (Å²) in [7, 11) is 0. The molecule has 1 aromatic rings. The average molecular weight is 302 g/mol. The van der Waals surface area contributed by atoms with Gasteiger partial charge < -0.3 is 5.11 Å². The maximum atomic E-state index is 11.1. The minimum absolute atomic E-state index is 0.122. The summed E-state index contributed by atoms with van der Waals surface area (Å²) < 4.78 is 0.594. The predicted octanol–water partition coefficient (Wildman–Crippen LogP) is 1.86. The number of halogens is 1. The Labute approximate surface area is 105 Å². The van der Waals surface area contributed by atoms with Crippen molar-refractivity contribution >= 4 is 33.4 Å². The van der Waals surface area contributed by atoms with Gasteiger partial charge in [-0.25, -0.2) is 4.79 Å². The van der Waals surface area contributed by atoms with Crippen molar-refractivity contribution in [1.82, 2.24) is 0 Å². The van der Waals surface area contributed by atoms with Crippen molar-refractivity contribution in [3.63, 3.8) is 0 Å². The van der Waals surface area contributed by atoms with Gasteiger partial charge in [0.25, 0.3) is 5.69 Å². The molecule has 6 nitrogen and oxygen atoms in total. The Morgan fingerprint density at radius 1 is 1.47 bits per heavy atom. The third kappa shape index (κ3) is 2.88. The molecule has 0 fully saturated rings. The summed E-state index contributed by atoms with van der Waals surface area (Å²) >= 11 is 3.17. The second kappa shape index (κ2) is 5.05. The molecule has 0 aliphatic carbocycles. The molecule has 0 atom stereocenters. The van der Waals surface area contributed by atoms with Crippen LogP contribution in [0.3, 0.4) is 0 Å². The van der Waals surface area contributed by atoms with E-state index in [1.807, 2.05) is 0 Å². The SMILES string of the molecule is Cc1c(Br)ccc([N+](=O)[O-])c1CC(=O)C(=O)O. The van der Waals surface area contributed by atoms with E-state index in [1.165, 1.54) is 12.1 Å². The fourth-order valence-electron chi connectivity index (χ4n) is 1.34. The van der Waals surface area contributed by atoms with Crippen LogP contribution in [0.5, 0.6) is 0 Å². The minimum Gasteiger partial charge on any atom is -0.475 e. The Morgan fingerprint density at radius 3 is 2.53 bits per heavy atom. The summed E-state index contributed by atoms with van der Waals surface area (Å²) in [6.45, 7) is 1.58. The zero-order valence-corrected chi connectivity index (χ0v) is 10.4. The number of nitrogens with zero attached hydrogens (tertiary/aromatic N) is 1. The van der Waals surface area contributed by atoms with Gasteiger partial charge in [-0.3, -0.25) is 14.9 Å². The van der Waals surface area contributed by atoms with Gasteiger partial charge >= 0.3 is 5.97 Å². The number of carbonyl (C=O) groups is 2. The second-order valence-electron chi connectivity index (χ2n) is 3.33. The molecule has 0 radical (unpaired) electrons. The molecule has 0 spiro atoms. The van der Waals surface area contributed by atoms with Crippen LogP contribution in [0.1, 0.15) is 11.1 Å². The van der Waals surface area contributed by atoms with Crippen molar-refractivity contribution in [3.8, 4) is 0 Å². The number of carboxylic acids is 1. The van der Waals surface area contributed by atoms with Crippen LogP contribution in [0.15, 0.2) is 16.6 Å². The number of benzene rings is 1. The largest absolute Gasteiger partial charge is 0.475 e. The van der Waals surface area contributed by atoms with E-state index in [2.05, 4.69) is 15.9 Å². The van der Waals surface area contributed by atoms with Crippen molar-refractivity contribution in [3.05, 3.63) is 37.8 Å². The lowest BCUT2D eigenvalue weighted by Crippen LogP contribution is -2.16. The Balaban J connectivity index is 3.28. The monoisotopic (exact) mass is 301 g/mol. The van der Waals surface area contributed by atoms with Gasteiger partial charge in [0.05, 0.1) is 11.3 Å². The number of carbonyl (C=O) groups excluding carboxylic acids is 1. The summed E-state index contributed by atoms with van der Waals surface area (Å²) in [5.41, 5.74) is 0.367. The molecule has 0 aliphatic heterocycles. The van der Waals surface area contributed by atoms with Gasteiger partial charge in [-0.15, -0.1) is 0 Å². The fourth-order valence-corrected chi connectivity index (χ4v) is 1.72. The van der Waals surface area contributed by atoms with E-state index in [-0.39, 0.29) is 11.3 Å². The van der Waals surface area contributed by atoms with E-state index in [4.69, 9.17) is 5.11 Å². The number of hydrogen-bond acceptors (Lipinski definition) is 4. The van der Waals surface area contributed by atoms with Crippen LogP contribution in [-0.4, -0.2) is 21.8 Å². The van der Waals surface area contributed by atoms with Gasteiger partial charge in [0.1, 0.15) is 0 Å². The van der Waals surface area contributed by atoms with Crippen molar-refractivity contribution in [2.75, 3.05) is 0 Å². The molecule has 0 aromatic heterocycles. The second-order valence-corrected chi connectivity index (χ2v) is 4.19. The van der Waals surface area contributed by atoms with E-state index >= 15 is 0 Å². The number of carboxylic acid groups (broad SMARTS) is 1. The van der Waals surface area contributed by atoms with Crippen molar-refractivity contribution < 1.29 is 19.6 Å². The highest BCUT2D eigenvalue weighted by molar-refractivity contribution is 9.10. The van der Waals surface area contributed by atoms with E-state index in [0.717, 1.165) is 0 Å². The lowest BCUT2D eigenvalue weighted by Gasteiger charge is -2.06. The van der Waals surface area contributed by atoms with Crippen LogP contribution >= 0.6 is 15.9 Å². The predicted molar refractivity (Wildman–Crippen MR) is 61.9 cm³/mol. The molecule has 17 heavy (non-hydrogen) atoms. The number of ketones is 1. The third-order valence-corrected chi connectivity index (χ3v) is 3.14. The maximum Gasteiger partial charge on any atom is 0.372 e. The first-order valence-corrected chi connectivity index (χ1v) is 5.32. The Bertz CT molecular complexity index is 512. The minimum atomic E-state index is -1.60. The number of Topliss-reactive ketones (excluding diaryl/α,β-unsaturated/α-hetero) is 1. The van der Waals surface area contributed by atoms with Crippen molar-refractivity contribution in [1.29, 1.82) is 0 Å².